The molecule has 4 nitrogen and oxygen atoms in total. The topological polar surface area (TPSA) is 57.8 Å². The predicted molar refractivity (Wildman–Crippen MR) is 104 cm³/mol. The summed E-state index contributed by atoms with van der Waals surface area (Å²) in [4.78, 5) is 12.5. The average molecular weight is 347 g/mol. The lowest BCUT2D eigenvalue weighted by molar-refractivity contribution is -0.117. The number of rotatable bonds is 6. The van der Waals surface area contributed by atoms with Gasteiger partial charge in [0.2, 0.25) is 0 Å². The van der Waals surface area contributed by atoms with Gasteiger partial charge in [-0.05, 0) is 55.9 Å². The Labute approximate surface area is 155 Å². The second kappa shape index (κ2) is 7.61. The molecule has 0 bridgehead atoms. The lowest BCUT2D eigenvalue weighted by Gasteiger charge is -2.12. The Hall–Kier alpha value is -2.80. The average Bonchev–Trinajstić information content (AvgIpc) is 3.44. The Morgan fingerprint density at radius 1 is 1.35 bits per heavy atom. The maximum absolute atomic E-state index is 12.5. The van der Waals surface area contributed by atoms with Crippen LogP contribution in [0.1, 0.15) is 54.2 Å². The molecule has 1 N–H and O–H groups in total. The first kappa shape index (κ1) is 18.0. The molecule has 1 aliphatic rings. The zero-order chi connectivity index (χ0) is 18.7. The fourth-order valence-electron chi connectivity index (χ4n) is 3.39. The summed E-state index contributed by atoms with van der Waals surface area (Å²) in [5.41, 5.74) is 4.59. The van der Waals surface area contributed by atoms with E-state index < -0.39 is 0 Å². The van der Waals surface area contributed by atoms with Gasteiger partial charge in [0.1, 0.15) is 11.6 Å². The zero-order valence-electron chi connectivity index (χ0n) is 15.6. The van der Waals surface area contributed by atoms with Gasteiger partial charge in [-0.1, -0.05) is 37.3 Å². The van der Waals surface area contributed by atoms with Crippen molar-refractivity contribution in [2.24, 2.45) is 0 Å². The third-order valence-electron chi connectivity index (χ3n) is 5.04. The highest BCUT2D eigenvalue weighted by molar-refractivity contribution is 6.01. The van der Waals surface area contributed by atoms with Gasteiger partial charge in [-0.2, -0.15) is 5.26 Å². The van der Waals surface area contributed by atoms with Gasteiger partial charge in [0, 0.05) is 24.0 Å². The fraction of sp³-hybridized carbons (Fsp3) is 0.364. The van der Waals surface area contributed by atoms with Crippen LogP contribution in [-0.4, -0.2) is 17.0 Å². The number of nitriles is 1. The summed E-state index contributed by atoms with van der Waals surface area (Å²) < 4.78 is 2.32. The minimum absolute atomic E-state index is 0.154. The minimum atomic E-state index is -0.313. The van der Waals surface area contributed by atoms with Gasteiger partial charge >= 0.3 is 0 Å². The molecule has 1 amide bonds. The van der Waals surface area contributed by atoms with Crippen LogP contribution in [0.3, 0.4) is 0 Å². The Morgan fingerprint density at radius 2 is 2.04 bits per heavy atom. The van der Waals surface area contributed by atoms with Gasteiger partial charge in [0.05, 0.1) is 0 Å². The molecule has 1 unspecified atom stereocenters. The number of aryl methyl sites for hydroxylation is 1. The molecule has 0 spiro atoms. The summed E-state index contributed by atoms with van der Waals surface area (Å²) in [5.74, 6) is -0.119. The van der Waals surface area contributed by atoms with E-state index in [9.17, 15) is 10.1 Å². The highest BCUT2D eigenvalue weighted by Gasteiger charge is 2.26. The molecule has 1 aromatic carbocycles. The van der Waals surface area contributed by atoms with E-state index in [1.165, 1.54) is 24.1 Å². The van der Waals surface area contributed by atoms with Crippen molar-refractivity contribution in [3.63, 3.8) is 0 Å². The lowest BCUT2D eigenvalue weighted by atomic mass is 10.0. The first-order valence-corrected chi connectivity index (χ1v) is 9.14. The quantitative estimate of drug-likeness (QED) is 0.627. The van der Waals surface area contributed by atoms with Crippen LogP contribution in [-0.2, 0) is 4.79 Å². The van der Waals surface area contributed by atoms with Crippen LogP contribution in [0.2, 0.25) is 0 Å². The normalized spacial score (nSPS) is 15.4. The van der Waals surface area contributed by atoms with Crippen LogP contribution >= 0.6 is 0 Å². The van der Waals surface area contributed by atoms with Crippen LogP contribution in [0.15, 0.2) is 42.0 Å². The van der Waals surface area contributed by atoms with Crippen LogP contribution in [0.5, 0.6) is 0 Å². The number of nitrogens with one attached hydrogen (secondary N) is 1. The first-order valence-electron chi connectivity index (χ1n) is 9.14. The summed E-state index contributed by atoms with van der Waals surface area (Å²) in [6, 6.07) is 14.7. The van der Waals surface area contributed by atoms with Crippen molar-refractivity contribution in [3.05, 3.63) is 64.5 Å². The van der Waals surface area contributed by atoms with Gasteiger partial charge in [-0.15, -0.1) is 0 Å². The van der Waals surface area contributed by atoms with Crippen molar-refractivity contribution in [1.29, 1.82) is 5.26 Å². The van der Waals surface area contributed by atoms with Crippen LogP contribution < -0.4 is 5.32 Å². The van der Waals surface area contributed by atoms with Crippen LogP contribution in [0, 0.1) is 25.2 Å². The van der Waals surface area contributed by atoms with Gasteiger partial charge in [-0.3, -0.25) is 4.79 Å². The molecule has 1 aliphatic carbocycles. The van der Waals surface area contributed by atoms with Crippen molar-refractivity contribution in [2.75, 3.05) is 6.54 Å². The second-order valence-electron chi connectivity index (χ2n) is 7.12. The first-order chi connectivity index (χ1) is 12.5. The highest BCUT2D eigenvalue weighted by Crippen LogP contribution is 2.38. The van der Waals surface area contributed by atoms with E-state index in [-0.39, 0.29) is 17.4 Å². The molecule has 1 aromatic heterocycles. The molecule has 2 aromatic rings. The van der Waals surface area contributed by atoms with Crippen molar-refractivity contribution < 1.29 is 4.79 Å². The number of carbonyl (C=O) groups is 1. The number of hydrogen-bond acceptors (Lipinski definition) is 2. The zero-order valence-corrected chi connectivity index (χ0v) is 15.6. The molecule has 134 valence electrons. The van der Waals surface area contributed by atoms with Gasteiger partial charge in [0.15, 0.2) is 0 Å². The number of hydrogen-bond donors (Lipinski definition) is 1. The second-order valence-corrected chi connectivity index (χ2v) is 7.12. The highest BCUT2D eigenvalue weighted by atomic mass is 16.1. The molecular formula is C22H25N3O. The Bertz CT molecular complexity index is 867. The lowest BCUT2D eigenvalue weighted by Crippen LogP contribution is -2.28. The van der Waals surface area contributed by atoms with Crippen molar-refractivity contribution in [2.45, 2.75) is 45.6 Å². The van der Waals surface area contributed by atoms with E-state index in [1.54, 1.807) is 6.08 Å². The number of nitrogens with zero attached hydrogens (tertiary/aromatic N) is 2. The Kier molecular flexibility index (Phi) is 5.27. The Morgan fingerprint density at radius 3 is 2.65 bits per heavy atom. The van der Waals surface area contributed by atoms with Crippen molar-refractivity contribution in [1.82, 2.24) is 9.88 Å². The van der Waals surface area contributed by atoms with Crippen LogP contribution in [0.4, 0.5) is 0 Å². The maximum atomic E-state index is 12.5. The largest absolute Gasteiger partial charge is 0.351 e. The van der Waals surface area contributed by atoms with E-state index in [4.69, 9.17) is 0 Å². The molecular weight excluding hydrogens is 322 g/mol. The summed E-state index contributed by atoms with van der Waals surface area (Å²) in [5, 5.41) is 12.3. The van der Waals surface area contributed by atoms with E-state index in [0.717, 1.165) is 11.3 Å². The fourth-order valence-corrected chi connectivity index (χ4v) is 3.39. The number of aromatic nitrogens is 1. The monoisotopic (exact) mass is 347 g/mol. The molecule has 1 saturated carbocycles. The Balaban J connectivity index is 1.70. The molecule has 1 fully saturated rings. The van der Waals surface area contributed by atoms with Crippen LogP contribution in [0.25, 0.3) is 6.08 Å². The smallest absolute Gasteiger partial charge is 0.261 e. The van der Waals surface area contributed by atoms with E-state index in [2.05, 4.69) is 42.8 Å². The molecule has 1 atom stereocenters. The molecule has 26 heavy (non-hydrogen) atoms. The molecule has 4 heteroatoms. The SMILES string of the molecule is Cc1cc(/C=C(\C#N)C(=O)NCC(C)c2ccccc2)c(C)n1C1CC1. The predicted octanol–water partition coefficient (Wildman–Crippen LogP) is 4.27. The van der Waals surface area contributed by atoms with E-state index >= 15 is 0 Å². The minimum Gasteiger partial charge on any atom is -0.351 e. The third kappa shape index (κ3) is 3.88. The third-order valence-corrected chi connectivity index (χ3v) is 5.04. The molecule has 1 heterocycles. The van der Waals surface area contributed by atoms with Gasteiger partial charge < -0.3 is 9.88 Å². The summed E-state index contributed by atoms with van der Waals surface area (Å²) in [7, 11) is 0. The molecule has 0 aliphatic heterocycles. The maximum Gasteiger partial charge on any atom is 0.261 e. The van der Waals surface area contributed by atoms with E-state index in [1.807, 2.05) is 30.3 Å². The molecule has 0 saturated heterocycles. The number of carbonyl (C=O) groups excluding carboxylic acids is 1. The molecule has 0 radical (unpaired) electrons. The summed E-state index contributed by atoms with van der Waals surface area (Å²) in [6.45, 7) is 6.70. The van der Waals surface area contributed by atoms with E-state index in [0.29, 0.717) is 12.6 Å². The molecule has 3 rings (SSSR count). The van der Waals surface area contributed by atoms with Gasteiger partial charge in [-0.25, -0.2) is 0 Å². The van der Waals surface area contributed by atoms with Crippen molar-refractivity contribution >= 4 is 12.0 Å². The van der Waals surface area contributed by atoms with Crippen molar-refractivity contribution in [3.8, 4) is 6.07 Å². The summed E-state index contributed by atoms with van der Waals surface area (Å²) >= 11 is 0. The number of benzene rings is 1. The summed E-state index contributed by atoms with van der Waals surface area (Å²) in [6.07, 6.45) is 4.13. The van der Waals surface area contributed by atoms with Gasteiger partial charge in [0.25, 0.3) is 5.91 Å². The standard InChI is InChI=1S/C22H25N3O/c1-15(18-7-5-4-6-8-18)14-24-22(26)20(13-23)12-19-11-16(2)25(17(19)3)21-9-10-21/h4-8,11-12,15,21H,9-10,14H2,1-3H3,(H,24,26)/b20-12+. The number of amides is 1.